The molecule has 0 fully saturated rings. The van der Waals surface area contributed by atoms with Crippen molar-refractivity contribution in [2.75, 3.05) is 12.4 Å². The highest BCUT2D eigenvalue weighted by Crippen LogP contribution is 2.27. The number of aryl methyl sites for hydroxylation is 3. The first-order chi connectivity index (χ1) is 11.0. The van der Waals surface area contributed by atoms with E-state index in [-0.39, 0.29) is 5.91 Å². The van der Waals surface area contributed by atoms with Gasteiger partial charge in [-0.2, -0.15) is 5.10 Å². The number of hydrogen-bond acceptors (Lipinski definition) is 4. The summed E-state index contributed by atoms with van der Waals surface area (Å²) in [6, 6.07) is 7.64. The van der Waals surface area contributed by atoms with Gasteiger partial charge in [0, 0.05) is 7.05 Å². The van der Waals surface area contributed by atoms with Crippen molar-refractivity contribution in [3.8, 4) is 11.6 Å². The minimum atomic E-state index is -0.583. The molecule has 1 unspecified atom stereocenters. The van der Waals surface area contributed by atoms with Gasteiger partial charge in [0.25, 0.3) is 5.91 Å². The summed E-state index contributed by atoms with van der Waals surface area (Å²) in [5.74, 6) is 1.01. The number of anilines is 1. The molecule has 1 heterocycles. The van der Waals surface area contributed by atoms with E-state index in [1.54, 1.807) is 18.8 Å². The molecule has 2 aromatic rings. The van der Waals surface area contributed by atoms with Crippen LogP contribution >= 0.6 is 0 Å². The summed E-state index contributed by atoms with van der Waals surface area (Å²) in [6.45, 7) is 5.69. The average Bonchev–Trinajstić information content (AvgIpc) is 2.79. The van der Waals surface area contributed by atoms with E-state index >= 15 is 0 Å². The van der Waals surface area contributed by atoms with E-state index in [0.29, 0.717) is 29.4 Å². The van der Waals surface area contributed by atoms with Crippen LogP contribution in [0.5, 0.6) is 11.6 Å². The van der Waals surface area contributed by atoms with Crippen molar-refractivity contribution in [2.45, 2.75) is 33.3 Å². The van der Waals surface area contributed by atoms with Gasteiger partial charge in [-0.05, 0) is 31.9 Å². The van der Waals surface area contributed by atoms with Crippen LogP contribution < -0.4 is 14.8 Å². The number of aromatic nitrogens is 2. The molecular formula is C17H23N3O3. The van der Waals surface area contributed by atoms with Crippen molar-refractivity contribution in [2.24, 2.45) is 7.05 Å². The molecule has 0 bridgehead atoms. The third-order valence-corrected chi connectivity index (χ3v) is 3.64. The summed E-state index contributed by atoms with van der Waals surface area (Å²) >= 11 is 0. The predicted octanol–water partition coefficient (Wildman–Crippen LogP) is 2.84. The molecule has 1 aromatic carbocycles. The Hall–Kier alpha value is -2.50. The largest absolute Gasteiger partial charge is 0.480 e. The quantitative estimate of drug-likeness (QED) is 0.890. The van der Waals surface area contributed by atoms with Gasteiger partial charge in [0.1, 0.15) is 11.4 Å². The highest BCUT2D eigenvalue weighted by atomic mass is 16.5. The van der Waals surface area contributed by atoms with Crippen LogP contribution in [0.3, 0.4) is 0 Å². The number of para-hydroxylation sites is 1. The molecular weight excluding hydrogens is 294 g/mol. The first kappa shape index (κ1) is 16.9. The lowest BCUT2D eigenvalue weighted by atomic mass is 10.2. The predicted molar refractivity (Wildman–Crippen MR) is 89.0 cm³/mol. The van der Waals surface area contributed by atoms with Crippen molar-refractivity contribution in [3.63, 3.8) is 0 Å². The number of nitrogens with one attached hydrogen (secondary N) is 1. The molecule has 0 saturated carbocycles. The van der Waals surface area contributed by atoms with Crippen LogP contribution in [0, 0.1) is 13.8 Å². The smallest absolute Gasteiger partial charge is 0.265 e. The Morgan fingerprint density at radius 2 is 2.04 bits per heavy atom. The number of ether oxygens (including phenoxy) is 2. The SMILES string of the molecule is CCC(Oc1ccccc1C)C(=O)Nc1c(C)nn(C)c1OC. The first-order valence-corrected chi connectivity index (χ1v) is 7.58. The van der Waals surface area contributed by atoms with E-state index in [9.17, 15) is 4.79 Å². The Kier molecular flexibility index (Phi) is 5.26. The summed E-state index contributed by atoms with van der Waals surface area (Å²) in [5, 5.41) is 7.12. The molecule has 1 atom stereocenters. The molecule has 0 saturated heterocycles. The second-order valence-corrected chi connectivity index (χ2v) is 5.36. The summed E-state index contributed by atoms with van der Waals surface area (Å²) < 4.78 is 12.8. The fourth-order valence-corrected chi connectivity index (χ4v) is 2.38. The van der Waals surface area contributed by atoms with Gasteiger partial charge in [-0.15, -0.1) is 0 Å². The maximum absolute atomic E-state index is 12.6. The van der Waals surface area contributed by atoms with Crippen LogP contribution in [0.25, 0.3) is 0 Å². The fraction of sp³-hybridized carbons (Fsp3) is 0.412. The Labute approximate surface area is 136 Å². The van der Waals surface area contributed by atoms with Gasteiger partial charge in [-0.1, -0.05) is 25.1 Å². The molecule has 0 aliphatic carbocycles. The van der Waals surface area contributed by atoms with Crippen LogP contribution in [0.1, 0.15) is 24.6 Å². The first-order valence-electron chi connectivity index (χ1n) is 7.58. The Morgan fingerprint density at radius 1 is 1.35 bits per heavy atom. The van der Waals surface area contributed by atoms with Crippen molar-refractivity contribution in [1.82, 2.24) is 9.78 Å². The van der Waals surface area contributed by atoms with E-state index in [2.05, 4.69) is 10.4 Å². The number of nitrogens with zero attached hydrogens (tertiary/aromatic N) is 2. The third kappa shape index (κ3) is 3.64. The zero-order chi connectivity index (χ0) is 17.0. The van der Waals surface area contributed by atoms with Gasteiger partial charge in [0.15, 0.2) is 6.10 Å². The second-order valence-electron chi connectivity index (χ2n) is 5.36. The molecule has 0 spiro atoms. The van der Waals surface area contributed by atoms with E-state index in [0.717, 1.165) is 5.56 Å². The minimum Gasteiger partial charge on any atom is -0.480 e. The summed E-state index contributed by atoms with van der Waals surface area (Å²) in [7, 11) is 3.32. The monoisotopic (exact) mass is 317 g/mol. The summed E-state index contributed by atoms with van der Waals surface area (Å²) in [6.07, 6.45) is -0.0256. The molecule has 124 valence electrons. The molecule has 6 nitrogen and oxygen atoms in total. The zero-order valence-corrected chi connectivity index (χ0v) is 14.2. The molecule has 6 heteroatoms. The maximum atomic E-state index is 12.6. The maximum Gasteiger partial charge on any atom is 0.265 e. The topological polar surface area (TPSA) is 65.4 Å². The fourth-order valence-electron chi connectivity index (χ4n) is 2.38. The van der Waals surface area contributed by atoms with Crippen LogP contribution in [-0.4, -0.2) is 28.9 Å². The highest BCUT2D eigenvalue weighted by Gasteiger charge is 2.23. The van der Waals surface area contributed by atoms with Gasteiger partial charge >= 0.3 is 0 Å². The molecule has 0 radical (unpaired) electrons. The van der Waals surface area contributed by atoms with Crippen molar-refractivity contribution >= 4 is 11.6 Å². The van der Waals surface area contributed by atoms with Gasteiger partial charge in [0.2, 0.25) is 5.88 Å². The molecule has 0 aliphatic rings. The molecule has 1 N–H and O–H groups in total. The van der Waals surface area contributed by atoms with E-state index in [4.69, 9.17) is 9.47 Å². The van der Waals surface area contributed by atoms with Gasteiger partial charge < -0.3 is 14.8 Å². The van der Waals surface area contributed by atoms with Crippen LogP contribution in [0.4, 0.5) is 5.69 Å². The lowest BCUT2D eigenvalue weighted by Gasteiger charge is -2.18. The molecule has 0 aliphatic heterocycles. The van der Waals surface area contributed by atoms with Crippen molar-refractivity contribution < 1.29 is 14.3 Å². The van der Waals surface area contributed by atoms with Gasteiger partial charge in [-0.3, -0.25) is 4.79 Å². The Balaban J connectivity index is 2.17. The number of hydrogen-bond donors (Lipinski definition) is 1. The summed E-state index contributed by atoms with van der Waals surface area (Å²) in [5.41, 5.74) is 2.27. The lowest BCUT2D eigenvalue weighted by molar-refractivity contribution is -0.122. The molecule has 2 rings (SSSR count). The van der Waals surface area contributed by atoms with Crippen LogP contribution in [0.2, 0.25) is 0 Å². The normalized spacial score (nSPS) is 11.9. The van der Waals surface area contributed by atoms with Crippen LogP contribution in [-0.2, 0) is 11.8 Å². The van der Waals surface area contributed by atoms with Gasteiger partial charge in [-0.25, -0.2) is 4.68 Å². The van der Waals surface area contributed by atoms with E-state index in [1.807, 2.05) is 45.0 Å². The van der Waals surface area contributed by atoms with Crippen molar-refractivity contribution in [3.05, 3.63) is 35.5 Å². The number of amides is 1. The third-order valence-electron chi connectivity index (χ3n) is 3.64. The van der Waals surface area contributed by atoms with E-state index < -0.39 is 6.10 Å². The number of methoxy groups -OCH3 is 1. The molecule has 1 aromatic heterocycles. The highest BCUT2D eigenvalue weighted by molar-refractivity contribution is 5.96. The second kappa shape index (κ2) is 7.17. The summed E-state index contributed by atoms with van der Waals surface area (Å²) in [4.78, 5) is 12.6. The van der Waals surface area contributed by atoms with Crippen LogP contribution in [0.15, 0.2) is 24.3 Å². The number of carbonyl (C=O) groups is 1. The zero-order valence-electron chi connectivity index (χ0n) is 14.2. The molecule has 23 heavy (non-hydrogen) atoms. The molecule has 1 amide bonds. The lowest BCUT2D eigenvalue weighted by Crippen LogP contribution is -2.32. The van der Waals surface area contributed by atoms with Crippen molar-refractivity contribution in [1.29, 1.82) is 0 Å². The number of benzene rings is 1. The Bertz CT molecular complexity index is 694. The van der Waals surface area contributed by atoms with E-state index in [1.165, 1.54) is 0 Å². The number of carbonyl (C=O) groups excluding carboxylic acids is 1. The average molecular weight is 317 g/mol. The van der Waals surface area contributed by atoms with Gasteiger partial charge in [0.05, 0.1) is 12.8 Å². The Morgan fingerprint density at radius 3 is 2.65 bits per heavy atom. The number of rotatable bonds is 6. The standard InChI is InChI=1S/C17H23N3O3/c1-6-13(23-14-10-8-7-9-11(14)2)16(21)18-15-12(3)19-20(4)17(15)22-5/h7-10,13H,6H2,1-5H3,(H,18,21). The minimum absolute atomic E-state index is 0.217.